The number of nitrogen functional groups attached to an aromatic ring is 1. The zero-order chi connectivity index (χ0) is 30.1. The Kier molecular flexibility index (Phi) is 7.64. The van der Waals surface area contributed by atoms with E-state index in [0.717, 1.165) is 41.8 Å². The molecule has 3 N–H and O–H groups in total. The van der Waals surface area contributed by atoms with E-state index in [1.165, 1.54) is 17.9 Å². The van der Waals surface area contributed by atoms with Crippen LogP contribution in [0.3, 0.4) is 0 Å². The number of hydrogen-bond donors (Lipinski definition) is 2. The van der Waals surface area contributed by atoms with Gasteiger partial charge in [-0.25, -0.2) is 4.98 Å². The van der Waals surface area contributed by atoms with Gasteiger partial charge in [0.25, 0.3) is 0 Å². The van der Waals surface area contributed by atoms with Crippen molar-refractivity contribution >= 4 is 34.5 Å². The number of nitrogens with two attached hydrogens (primary N) is 1. The number of likely N-dealkylation sites (N-methyl/N-ethyl adjacent to an activating group) is 1. The first-order valence-electron chi connectivity index (χ1n) is 14.2. The third-order valence-electron chi connectivity index (χ3n) is 7.99. The number of carbonyl (C=O) groups is 1. The Morgan fingerprint density at radius 2 is 1.88 bits per heavy atom. The summed E-state index contributed by atoms with van der Waals surface area (Å²) in [7, 11) is 2.11. The van der Waals surface area contributed by atoms with Crippen LogP contribution < -0.4 is 20.1 Å². The summed E-state index contributed by atoms with van der Waals surface area (Å²) >= 11 is 0. The molecule has 2 aliphatic heterocycles. The number of ether oxygens (including phenoxy) is 2. The number of rotatable bonds is 7. The highest BCUT2D eigenvalue weighted by molar-refractivity contribution is 5.94. The first kappa shape index (κ1) is 28.1. The SMILES string of the molecule is C=CC(=O)N1CCN(c2nc(Oc3cccc4c3CCN(C)C4)nc3c(Oc4c(C)ccc(N)c4C=N)nccc23)CC1. The molecule has 11 nitrogen and oxygen atoms in total. The van der Waals surface area contributed by atoms with E-state index < -0.39 is 0 Å². The molecule has 1 amide bonds. The lowest BCUT2D eigenvalue weighted by Gasteiger charge is -2.35. The van der Waals surface area contributed by atoms with Gasteiger partial charge in [0.2, 0.25) is 11.8 Å². The molecule has 11 heteroatoms. The zero-order valence-electron chi connectivity index (χ0n) is 24.3. The smallest absolute Gasteiger partial charge is 0.324 e. The van der Waals surface area contributed by atoms with Crippen molar-refractivity contribution in [3.8, 4) is 23.4 Å². The van der Waals surface area contributed by atoms with E-state index in [1.54, 1.807) is 17.2 Å². The molecular weight excluding hydrogens is 544 g/mol. The molecular formula is C32H34N8O3. The van der Waals surface area contributed by atoms with Crippen molar-refractivity contribution in [2.24, 2.45) is 0 Å². The lowest BCUT2D eigenvalue weighted by molar-refractivity contribution is -0.126. The maximum absolute atomic E-state index is 12.2. The van der Waals surface area contributed by atoms with E-state index in [4.69, 9.17) is 30.6 Å². The molecule has 0 radical (unpaired) electrons. The molecule has 2 aliphatic rings. The summed E-state index contributed by atoms with van der Waals surface area (Å²) in [5, 5.41) is 8.66. The Morgan fingerprint density at radius 3 is 2.65 bits per heavy atom. The number of hydrogen-bond acceptors (Lipinski definition) is 10. The fourth-order valence-corrected chi connectivity index (χ4v) is 5.64. The first-order chi connectivity index (χ1) is 20.9. The van der Waals surface area contributed by atoms with Crippen molar-refractivity contribution in [1.82, 2.24) is 24.8 Å². The number of pyridine rings is 1. The van der Waals surface area contributed by atoms with Gasteiger partial charge < -0.3 is 35.3 Å². The topological polar surface area (TPSA) is 134 Å². The van der Waals surface area contributed by atoms with Crippen LogP contribution in [0.15, 0.2) is 55.3 Å². The molecule has 0 spiro atoms. The predicted octanol–water partition coefficient (Wildman–Crippen LogP) is 4.32. The lowest BCUT2D eigenvalue weighted by atomic mass is 9.99. The normalized spacial score (nSPS) is 15.2. The van der Waals surface area contributed by atoms with E-state index in [9.17, 15) is 4.79 Å². The summed E-state index contributed by atoms with van der Waals surface area (Å²) < 4.78 is 12.8. The van der Waals surface area contributed by atoms with Crippen LogP contribution in [0.5, 0.6) is 23.4 Å². The molecule has 0 unspecified atom stereocenters. The van der Waals surface area contributed by atoms with Gasteiger partial charge in [-0.2, -0.15) is 9.97 Å². The van der Waals surface area contributed by atoms with Crippen LogP contribution in [0, 0.1) is 12.3 Å². The Morgan fingerprint density at radius 1 is 1.07 bits per heavy atom. The number of amides is 1. The molecule has 2 aromatic carbocycles. The molecule has 0 atom stereocenters. The molecule has 0 bridgehead atoms. The van der Waals surface area contributed by atoms with Crippen molar-refractivity contribution < 1.29 is 14.3 Å². The average Bonchev–Trinajstić information content (AvgIpc) is 3.02. The lowest BCUT2D eigenvalue weighted by Crippen LogP contribution is -2.48. The molecule has 2 aromatic heterocycles. The molecule has 6 rings (SSSR count). The van der Waals surface area contributed by atoms with Crippen LogP contribution in [-0.4, -0.2) is 76.6 Å². The number of benzene rings is 2. The number of nitrogens with one attached hydrogen (secondary N) is 1. The van der Waals surface area contributed by atoms with Gasteiger partial charge in [0.05, 0.1) is 10.9 Å². The van der Waals surface area contributed by atoms with Gasteiger partial charge in [0, 0.05) is 62.9 Å². The first-order valence-corrected chi connectivity index (χ1v) is 14.2. The number of aromatic nitrogens is 3. The van der Waals surface area contributed by atoms with Gasteiger partial charge in [-0.1, -0.05) is 24.8 Å². The van der Waals surface area contributed by atoms with Crippen LogP contribution in [-0.2, 0) is 17.8 Å². The highest BCUT2D eigenvalue weighted by atomic mass is 16.5. The van der Waals surface area contributed by atoms with Crippen LogP contribution in [0.4, 0.5) is 11.5 Å². The summed E-state index contributed by atoms with van der Waals surface area (Å²) in [5.74, 6) is 1.99. The summed E-state index contributed by atoms with van der Waals surface area (Å²) in [4.78, 5) is 32.7. The number of aryl methyl sites for hydroxylation is 1. The molecule has 1 fully saturated rings. The number of fused-ring (bicyclic) bond motifs is 2. The van der Waals surface area contributed by atoms with Crippen LogP contribution >= 0.6 is 0 Å². The average molecular weight is 579 g/mol. The Hall–Kier alpha value is -5.03. The van der Waals surface area contributed by atoms with E-state index in [0.29, 0.717) is 54.5 Å². The second-order valence-corrected chi connectivity index (χ2v) is 10.8. The number of piperazine rings is 1. The highest BCUT2D eigenvalue weighted by Crippen LogP contribution is 2.38. The van der Waals surface area contributed by atoms with Gasteiger partial charge in [0.15, 0.2) is 0 Å². The maximum Gasteiger partial charge on any atom is 0.324 e. The summed E-state index contributed by atoms with van der Waals surface area (Å²) in [5.41, 5.74) is 10.7. The standard InChI is InChI=1S/C32H34N8O3/c1-4-27(41)39-14-16-40(17-15-39)30-23-10-12-35-31(43-29-20(2)8-9-25(34)24(29)18-33)28(23)36-32(37-30)42-26-7-5-6-21-19-38(3)13-11-22(21)26/h4-10,12,18,33H,1,11,13-17,19,34H2,2-3H3. The Bertz CT molecular complexity index is 1730. The molecule has 4 heterocycles. The van der Waals surface area contributed by atoms with Crippen molar-refractivity contribution in [2.75, 3.05) is 50.4 Å². The molecule has 0 saturated carbocycles. The second kappa shape index (κ2) is 11.7. The van der Waals surface area contributed by atoms with Crippen LogP contribution in [0.2, 0.25) is 0 Å². The molecule has 220 valence electrons. The van der Waals surface area contributed by atoms with Crippen molar-refractivity contribution in [1.29, 1.82) is 5.41 Å². The van der Waals surface area contributed by atoms with E-state index >= 15 is 0 Å². The molecule has 4 aromatic rings. The van der Waals surface area contributed by atoms with Gasteiger partial charge in [-0.15, -0.1) is 0 Å². The monoisotopic (exact) mass is 578 g/mol. The largest absolute Gasteiger partial charge is 0.436 e. The third-order valence-corrected chi connectivity index (χ3v) is 7.99. The van der Waals surface area contributed by atoms with Crippen LogP contribution in [0.1, 0.15) is 22.3 Å². The predicted molar refractivity (Wildman–Crippen MR) is 166 cm³/mol. The minimum Gasteiger partial charge on any atom is -0.436 e. The van der Waals surface area contributed by atoms with Crippen LogP contribution in [0.25, 0.3) is 10.9 Å². The minimum absolute atomic E-state index is 0.0879. The second-order valence-electron chi connectivity index (χ2n) is 10.8. The van der Waals surface area contributed by atoms with Crippen molar-refractivity contribution in [3.63, 3.8) is 0 Å². The fourth-order valence-electron chi connectivity index (χ4n) is 5.64. The fraction of sp³-hybridized carbons (Fsp3) is 0.281. The summed E-state index contributed by atoms with van der Waals surface area (Å²) in [6, 6.07) is 11.7. The van der Waals surface area contributed by atoms with E-state index in [2.05, 4.69) is 34.5 Å². The number of anilines is 2. The highest BCUT2D eigenvalue weighted by Gasteiger charge is 2.26. The van der Waals surface area contributed by atoms with Gasteiger partial charge in [-0.05, 0) is 55.8 Å². The number of carbonyl (C=O) groups excluding carboxylic acids is 1. The van der Waals surface area contributed by atoms with Crippen molar-refractivity contribution in [3.05, 3.63) is 77.5 Å². The number of nitrogens with zero attached hydrogens (tertiary/aromatic N) is 6. The Balaban J connectivity index is 1.45. The van der Waals surface area contributed by atoms with E-state index in [1.807, 2.05) is 31.2 Å². The third kappa shape index (κ3) is 5.46. The summed E-state index contributed by atoms with van der Waals surface area (Å²) in [6.07, 6.45) is 5.03. The van der Waals surface area contributed by atoms with Gasteiger partial charge in [0.1, 0.15) is 22.8 Å². The maximum atomic E-state index is 12.2. The molecule has 1 saturated heterocycles. The quantitative estimate of drug-likeness (QED) is 0.187. The zero-order valence-corrected chi connectivity index (χ0v) is 24.3. The summed E-state index contributed by atoms with van der Waals surface area (Å²) in [6.45, 7) is 9.50. The van der Waals surface area contributed by atoms with E-state index in [-0.39, 0.29) is 17.8 Å². The Labute approximate surface area is 250 Å². The van der Waals surface area contributed by atoms with Gasteiger partial charge >= 0.3 is 6.01 Å². The molecule has 43 heavy (non-hydrogen) atoms. The minimum atomic E-state index is -0.0879. The van der Waals surface area contributed by atoms with Crippen molar-refractivity contribution in [2.45, 2.75) is 19.9 Å². The molecule has 0 aliphatic carbocycles. The van der Waals surface area contributed by atoms with Gasteiger partial charge in [-0.3, -0.25) is 4.79 Å².